The van der Waals surface area contributed by atoms with Gasteiger partial charge in [-0.3, -0.25) is 4.79 Å². The molecule has 0 heterocycles. The van der Waals surface area contributed by atoms with Crippen molar-refractivity contribution < 1.29 is 43.5 Å². The fraction of sp³-hybridized carbons (Fsp3) is 0.379. The van der Waals surface area contributed by atoms with Gasteiger partial charge in [-0.1, -0.05) is 32.3 Å². The van der Waals surface area contributed by atoms with E-state index in [1.807, 2.05) is 0 Å². The normalized spacial score (nSPS) is 10.8. The Morgan fingerprint density at radius 3 is 1.97 bits per heavy atom. The van der Waals surface area contributed by atoms with E-state index in [2.05, 4.69) is 6.92 Å². The molecule has 0 aromatic heterocycles. The molecule has 38 heavy (non-hydrogen) atoms. The Labute approximate surface area is 221 Å². The molecular formula is C29H34O9. The Morgan fingerprint density at radius 2 is 1.42 bits per heavy atom. The number of ether oxygens (including phenoxy) is 5. The molecule has 204 valence electrons. The summed E-state index contributed by atoms with van der Waals surface area (Å²) in [5.74, 6) is -0.903. The number of phenolic OH excluding ortho intramolecular Hbond substituents is 1. The predicted octanol–water partition coefficient (Wildman–Crippen LogP) is 6.11. The van der Waals surface area contributed by atoms with Crippen LogP contribution in [0.4, 0.5) is 0 Å². The lowest BCUT2D eigenvalue weighted by Crippen LogP contribution is -2.13. The molecule has 0 unspecified atom stereocenters. The van der Waals surface area contributed by atoms with Gasteiger partial charge in [0.15, 0.2) is 28.8 Å². The minimum absolute atomic E-state index is 0.0924. The van der Waals surface area contributed by atoms with Gasteiger partial charge >= 0.3 is 5.97 Å². The summed E-state index contributed by atoms with van der Waals surface area (Å²) in [6.45, 7) is 2.06. The molecule has 0 spiro atoms. The van der Waals surface area contributed by atoms with Gasteiger partial charge in [0.25, 0.3) is 0 Å². The van der Waals surface area contributed by atoms with E-state index in [0.29, 0.717) is 23.5 Å². The number of Topliss-reactive ketones (excluding diaryl/α,β-unsaturated/α-hetero) is 1. The van der Waals surface area contributed by atoms with E-state index in [1.54, 1.807) is 18.2 Å². The maximum Gasteiger partial charge on any atom is 0.337 e. The van der Waals surface area contributed by atoms with Crippen LogP contribution < -0.4 is 23.7 Å². The highest BCUT2D eigenvalue weighted by Crippen LogP contribution is 2.52. The lowest BCUT2D eigenvalue weighted by molar-refractivity contribution is 0.0692. The van der Waals surface area contributed by atoms with Crippen molar-refractivity contribution in [3.63, 3.8) is 0 Å². The van der Waals surface area contributed by atoms with Crippen molar-refractivity contribution in [1.82, 2.24) is 0 Å². The molecule has 0 saturated carbocycles. The smallest absolute Gasteiger partial charge is 0.337 e. The summed E-state index contributed by atoms with van der Waals surface area (Å²) in [6, 6.07) is 6.42. The minimum Gasteiger partial charge on any atom is -0.507 e. The zero-order valence-electron chi connectivity index (χ0n) is 22.6. The molecule has 0 aliphatic heterocycles. The van der Waals surface area contributed by atoms with E-state index >= 15 is 0 Å². The number of hydrogen-bond acceptors (Lipinski definition) is 8. The number of benzene rings is 3. The second-order valence-corrected chi connectivity index (χ2v) is 8.65. The first-order valence-corrected chi connectivity index (χ1v) is 12.3. The molecule has 0 amide bonds. The summed E-state index contributed by atoms with van der Waals surface area (Å²) >= 11 is 0. The van der Waals surface area contributed by atoms with E-state index in [-0.39, 0.29) is 51.1 Å². The Morgan fingerprint density at radius 1 is 0.763 bits per heavy atom. The average molecular weight is 527 g/mol. The van der Waals surface area contributed by atoms with Crippen molar-refractivity contribution in [3.05, 3.63) is 35.4 Å². The van der Waals surface area contributed by atoms with Gasteiger partial charge in [0.2, 0.25) is 5.75 Å². The van der Waals surface area contributed by atoms with Crippen LogP contribution >= 0.6 is 0 Å². The van der Waals surface area contributed by atoms with Crippen LogP contribution in [0, 0.1) is 0 Å². The Kier molecular flexibility index (Phi) is 9.28. The van der Waals surface area contributed by atoms with Crippen molar-refractivity contribution >= 4 is 22.5 Å². The van der Waals surface area contributed by atoms with Crippen molar-refractivity contribution in [2.45, 2.75) is 39.0 Å². The monoisotopic (exact) mass is 526 g/mol. The van der Waals surface area contributed by atoms with Gasteiger partial charge < -0.3 is 33.9 Å². The number of carbonyl (C=O) groups excluding carboxylic acids is 1. The number of rotatable bonds is 13. The maximum absolute atomic E-state index is 13.5. The first-order chi connectivity index (χ1) is 18.3. The fourth-order valence-corrected chi connectivity index (χ4v) is 4.70. The lowest BCUT2D eigenvalue weighted by atomic mass is 9.85. The number of fused-ring (bicyclic) bond motifs is 1. The Hall–Kier alpha value is -4.14. The zero-order valence-corrected chi connectivity index (χ0v) is 22.6. The topological polar surface area (TPSA) is 121 Å². The number of hydrogen-bond donors (Lipinski definition) is 2. The van der Waals surface area contributed by atoms with Gasteiger partial charge in [0.1, 0.15) is 5.75 Å². The third kappa shape index (κ3) is 5.14. The molecule has 9 heteroatoms. The fourth-order valence-electron chi connectivity index (χ4n) is 4.70. The highest BCUT2D eigenvalue weighted by molar-refractivity contribution is 6.21. The number of phenols is 1. The SMILES string of the molecule is CCCCCCC(=O)c1c(C(=O)O)c(-c2ccc(OC)c(OC)c2)c2c(OC)c(OC)c(OC)cc2c1O. The van der Waals surface area contributed by atoms with E-state index in [0.717, 1.165) is 19.3 Å². The van der Waals surface area contributed by atoms with Crippen molar-refractivity contribution in [1.29, 1.82) is 0 Å². The Bertz CT molecular complexity index is 1340. The number of carboxylic acid groups (broad SMARTS) is 1. The van der Waals surface area contributed by atoms with E-state index in [1.165, 1.54) is 41.6 Å². The van der Waals surface area contributed by atoms with Crippen LogP contribution in [0.3, 0.4) is 0 Å². The summed E-state index contributed by atoms with van der Waals surface area (Å²) in [5.41, 5.74) is -0.0228. The number of methoxy groups -OCH3 is 5. The van der Waals surface area contributed by atoms with Gasteiger partial charge in [0, 0.05) is 22.8 Å². The molecule has 0 aliphatic rings. The van der Waals surface area contributed by atoms with Gasteiger partial charge in [-0.15, -0.1) is 0 Å². The minimum atomic E-state index is -1.37. The lowest BCUT2D eigenvalue weighted by Gasteiger charge is -2.22. The summed E-state index contributed by atoms with van der Waals surface area (Å²) in [7, 11) is 7.22. The molecule has 9 nitrogen and oxygen atoms in total. The number of unbranched alkanes of at least 4 members (excludes halogenated alkanes) is 3. The van der Waals surface area contributed by atoms with Crippen LogP contribution in [0.15, 0.2) is 24.3 Å². The number of carboxylic acids is 1. The van der Waals surface area contributed by atoms with E-state index < -0.39 is 17.5 Å². The Balaban J connectivity index is 2.54. The quantitative estimate of drug-likeness (QED) is 0.201. The second kappa shape index (κ2) is 12.4. The van der Waals surface area contributed by atoms with Crippen LogP contribution in [0.2, 0.25) is 0 Å². The predicted molar refractivity (Wildman–Crippen MR) is 144 cm³/mol. The van der Waals surface area contributed by atoms with Gasteiger partial charge in [0.05, 0.1) is 46.7 Å². The van der Waals surface area contributed by atoms with Gasteiger partial charge in [-0.25, -0.2) is 4.79 Å². The van der Waals surface area contributed by atoms with Crippen LogP contribution in [0.5, 0.6) is 34.5 Å². The first kappa shape index (κ1) is 28.4. The second-order valence-electron chi connectivity index (χ2n) is 8.65. The van der Waals surface area contributed by atoms with Crippen LogP contribution in [-0.4, -0.2) is 57.5 Å². The van der Waals surface area contributed by atoms with E-state index in [9.17, 15) is 19.8 Å². The summed E-state index contributed by atoms with van der Waals surface area (Å²) in [4.78, 5) is 26.3. The largest absolute Gasteiger partial charge is 0.507 e. The summed E-state index contributed by atoms with van der Waals surface area (Å²) in [5, 5.41) is 22.3. The third-order valence-corrected chi connectivity index (χ3v) is 6.49. The number of aromatic hydroxyl groups is 1. The van der Waals surface area contributed by atoms with Crippen LogP contribution in [0.1, 0.15) is 59.7 Å². The molecule has 0 aliphatic carbocycles. The summed E-state index contributed by atoms with van der Waals surface area (Å²) < 4.78 is 27.5. The van der Waals surface area contributed by atoms with Crippen molar-refractivity contribution in [2.75, 3.05) is 35.5 Å². The number of ketones is 1. The van der Waals surface area contributed by atoms with Crippen LogP contribution in [0.25, 0.3) is 21.9 Å². The molecule has 3 aromatic rings. The maximum atomic E-state index is 13.5. The highest BCUT2D eigenvalue weighted by atomic mass is 16.5. The molecule has 0 atom stereocenters. The molecule has 3 rings (SSSR count). The average Bonchev–Trinajstić information content (AvgIpc) is 2.93. The first-order valence-electron chi connectivity index (χ1n) is 12.3. The third-order valence-electron chi connectivity index (χ3n) is 6.49. The van der Waals surface area contributed by atoms with Crippen molar-refractivity contribution in [3.8, 4) is 45.6 Å². The zero-order chi connectivity index (χ0) is 28.0. The molecular weight excluding hydrogens is 492 g/mol. The number of aromatic carboxylic acids is 1. The van der Waals surface area contributed by atoms with E-state index in [4.69, 9.17) is 23.7 Å². The van der Waals surface area contributed by atoms with Gasteiger partial charge in [-0.2, -0.15) is 0 Å². The molecule has 0 bridgehead atoms. The molecule has 0 radical (unpaired) electrons. The molecule has 3 aromatic carbocycles. The molecule has 0 saturated heterocycles. The number of carbonyl (C=O) groups is 2. The van der Waals surface area contributed by atoms with Crippen LogP contribution in [-0.2, 0) is 0 Å². The highest BCUT2D eigenvalue weighted by Gasteiger charge is 2.32. The molecule has 0 fully saturated rings. The summed E-state index contributed by atoms with van der Waals surface area (Å²) in [6.07, 6.45) is 3.42. The van der Waals surface area contributed by atoms with Crippen molar-refractivity contribution in [2.24, 2.45) is 0 Å². The van der Waals surface area contributed by atoms with Gasteiger partial charge in [-0.05, 0) is 30.2 Å². The standard InChI is InChI=1S/C29H34O9/c1-7-8-9-10-11-18(30)24-25(29(32)33)22(16-12-13-19(34-2)20(14-16)35-3)23-17(26(24)31)15-21(36-4)27(37-5)28(23)38-6/h12-15,31H,7-11H2,1-6H3,(H,32,33). The molecule has 2 N–H and O–H groups in total.